The first-order chi connectivity index (χ1) is 15.7. The maximum Gasteiger partial charge on any atom is 4.00 e. The van der Waals surface area contributed by atoms with Crippen LogP contribution in [0.3, 0.4) is 0 Å². The number of aryl methyl sites for hydroxylation is 2. The molecule has 0 aromatic heterocycles. The summed E-state index contributed by atoms with van der Waals surface area (Å²) in [5, 5.41) is 2.98. The zero-order valence-electron chi connectivity index (χ0n) is 24.9. The first kappa shape index (κ1) is 33.8. The molecule has 2 saturated carbocycles. The van der Waals surface area contributed by atoms with Crippen molar-refractivity contribution in [2.24, 2.45) is 17.8 Å². The summed E-state index contributed by atoms with van der Waals surface area (Å²) in [6, 6.07) is 18.9. The molecule has 2 aromatic rings. The molecule has 0 spiro atoms. The van der Waals surface area contributed by atoms with Crippen LogP contribution in [0.15, 0.2) is 71.8 Å². The minimum absolute atomic E-state index is 0. The van der Waals surface area contributed by atoms with Gasteiger partial charge in [0.2, 0.25) is 0 Å². The summed E-state index contributed by atoms with van der Waals surface area (Å²) < 4.78 is 0. The molecule has 3 aliphatic carbocycles. The van der Waals surface area contributed by atoms with Crippen molar-refractivity contribution in [3.63, 3.8) is 0 Å². The average Bonchev–Trinajstić information content (AvgIpc) is 3.33. The zero-order valence-corrected chi connectivity index (χ0v) is 27.4. The van der Waals surface area contributed by atoms with Gasteiger partial charge in [-0.2, -0.15) is 0 Å². The van der Waals surface area contributed by atoms with Gasteiger partial charge < -0.3 is 27.3 Å². The van der Waals surface area contributed by atoms with Gasteiger partial charge in [0.05, 0.1) is 0 Å². The summed E-state index contributed by atoms with van der Waals surface area (Å²) in [5.41, 5.74) is 6.47. The second kappa shape index (κ2) is 12.8. The molecule has 5 rings (SSSR count). The van der Waals surface area contributed by atoms with Gasteiger partial charge in [0.15, 0.2) is 0 Å². The minimum atomic E-state index is -2.46. The van der Waals surface area contributed by atoms with Crippen LogP contribution in [0.1, 0.15) is 64.5 Å². The molecule has 2 aromatic carbocycles. The predicted octanol–water partition coefficient (Wildman–Crippen LogP) is 8.58. The number of benzene rings is 2. The second-order valence-electron chi connectivity index (χ2n) is 12.0. The van der Waals surface area contributed by atoms with Crippen LogP contribution in [0.25, 0.3) is 4.98 Å². The van der Waals surface area contributed by atoms with Crippen molar-refractivity contribution >= 4 is 18.6 Å². The Morgan fingerprint density at radius 3 is 1.68 bits per heavy atom. The number of fused-ring (bicyclic) bond motifs is 2. The quantitative estimate of drug-likeness (QED) is 0.269. The van der Waals surface area contributed by atoms with Crippen molar-refractivity contribution in [3.05, 3.63) is 110 Å². The van der Waals surface area contributed by atoms with E-state index >= 15 is 0 Å². The molecule has 198 valence electrons. The van der Waals surface area contributed by atoms with Crippen molar-refractivity contribution in [2.75, 3.05) is 0 Å². The molecule has 2 fully saturated rings. The van der Waals surface area contributed by atoms with Gasteiger partial charge in [-0.1, -0.05) is 110 Å². The first-order valence-electron chi connectivity index (χ1n) is 13.0. The summed E-state index contributed by atoms with van der Waals surface area (Å²) >= 11 is 0. The number of rotatable bonds is 4. The Kier molecular flexibility index (Phi) is 11.7. The molecule has 37 heavy (non-hydrogen) atoms. The molecule has 0 heterocycles. The smallest absolute Gasteiger partial charge is 0.652 e. The Bertz CT molecular complexity index is 1030. The van der Waals surface area contributed by atoms with Gasteiger partial charge in [-0.25, -0.2) is 0 Å². The molecule has 0 bridgehead atoms. The number of hydrogen-bond acceptors (Lipinski definition) is 0. The summed E-state index contributed by atoms with van der Waals surface area (Å²) in [6.45, 7) is 13.9. The normalized spacial score (nSPS) is 24.2. The Balaban J connectivity index is 0.00000171. The maximum absolute atomic E-state index is 5.94. The van der Waals surface area contributed by atoms with Crippen molar-refractivity contribution in [1.82, 2.24) is 0 Å². The number of allylic oxidation sites excluding steroid dienone is 4. The molecular formula is C34H49NSiTi. The molecule has 0 N–H and O–H groups in total. The fourth-order valence-electron chi connectivity index (χ4n) is 7.04. The topological polar surface area (TPSA) is 14.1 Å². The molecule has 3 aliphatic rings. The first-order valence-corrected chi connectivity index (χ1v) is 15.0. The summed E-state index contributed by atoms with van der Waals surface area (Å²) in [7, 11) is -2.46. The largest absolute Gasteiger partial charge is 4.00 e. The number of hydrogen-bond donors (Lipinski definition) is 0. The van der Waals surface area contributed by atoms with E-state index in [-0.39, 0.29) is 49.5 Å². The van der Waals surface area contributed by atoms with Crippen molar-refractivity contribution < 1.29 is 21.7 Å². The Morgan fingerprint density at radius 1 is 0.757 bits per heavy atom. The van der Waals surface area contributed by atoms with E-state index in [9.17, 15) is 0 Å². The second-order valence-corrected chi connectivity index (χ2v) is 15.6. The van der Waals surface area contributed by atoms with Gasteiger partial charge >= 0.3 is 21.7 Å². The van der Waals surface area contributed by atoms with Gasteiger partial charge in [-0.3, -0.25) is 0 Å². The van der Waals surface area contributed by atoms with Gasteiger partial charge in [0.1, 0.15) is 0 Å². The summed E-state index contributed by atoms with van der Waals surface area (Å²) in [5.74, 6) is 1.95. The van der Waals surface area contributed by atoms with Crippen LogP contribution in [0.5, 0.6) is 0 Å². The van der Waals surface area contributed by atoms with Crippen LogP contribution in [-0.4, -0.2) is 13.8 Å². The molecule has 1 nitrogen and oxygen atoms in total. The fourth-order valence-corrected chi connectivity index (χ4v) is 12.8. The molecule has 0 aliphatic heterocycles. The molecule has 3 heteroatoms. The molecule has 4 unspecified atom stereocenters. The van der Waals surface area contributed by atoms with E-state index in [1.54, 1.807) is 11.1 Å². The van der Waals surface area contributed by atoms with Crippen LogP contribution in [0.4, 0.5) is 0 Å². The number of nitrogens with zero attached hydrogens (tertiary/aromatic N) is 1. The molecule has 0 radical (unpaired) electrons. The van der Waals surface area contributed by atoms with Crippen LogP contribution >= 0.6 is 0 Å². The van der Waals surface area contributed by atoms with Crippen LogP contribution in [0, 0.1) is 53.9 Å². The maximum atomic E-state index is 5.94. The standard InChI is InChI=1S/C31H40NSi.3CH3.Ti/c1-21-10-14-27(15-11-21)33(32-31(4,5)6,28-16-12-22(2)13-17-28)30-23(3)18-26-19-24-8-7-9-25(24)20-29(26)30;;;;/h10-17,19-20,23,26,29-30H,7-9,18H2,1-6H3;3*1H3;/q4*-1;+4. The van der Waals surface area contributed by atoms with E-state index in [1.165, 1.54) is 47.2 Å². The van der Waals surface area contributed by atoms with Crippen LogP contribution in [-0.2, 0) is 21.7 Å². The van der Waals surface area contributed by atoms with E-state index in [2.05, 4.69) is 102 Å². The van der Waals surface area contributed by atoms with Gasteiger partial charge in [0.25, 0.3) is 0 Å². The Hall–Kier alpha value is -1.19. The molecule has 0 saturated heterocycles. The van der Waals surface area contributed by atoms with Crippen LogP contribution < -0.4 is 10.4 Å². The van der Waals surface area contributed by atoms with Crippen molar-refractivity contribution in [2.45, 2.75) is 78.3 Å². The fraction of sp³-hybridized carbons (Fsp3) is 0.441. The Labute approximate surface area is 245 Å². The summed E-state index contributed by atoms with van der Waals surface area (Å²) in [6.07, 6.45) is 10.6. The average molecular weight is 548 g/mol. The minimum Gasteiger partial charge on any atom is -0.652 e. The van der Waals surface area contributed by atoms with Crippen LogP contribution in [0.2, 0.25) is 5.54 Å². The van der Waals surface area contributed by atoms with E-state index in [0.717, 1.165) is 0 Å². The predicted molar refractivity (Wildman–Crippen MR) is 164 cm³/mol. The van der Waals surface area contributed by atoms with E-state index in [1.807, 2.05) is 0 Å². The zero-order chi connectivity index (χ0) is 23.4. The van der Waals surface area contributed by atoms with Crippen molar-refractivity contribution in [1.29, 1.82) is 0 Å². The van der Waals surface area contributed by atoms with Gasteiger partial charge in [-0.15, -0.1) is 5.54 Å². The third-order valence-electron chi connectivity index (χ3n) is 8.26. The summed E-state index contributed by atoms with van der Waals surface area (Å²) in [4.78, 5) is 5.94. The molecular weight excluding hydrogens is 498 g/mol. The van der Waals surface area contributed by atoms with E-state index < -0.39 is 8.24 Å². The third-order valence-corrected chi connectivity index (χ3v) is 13.6. The SMILES string of the molecule is Cc1ccc([Si]([N-]C(C)(C)C)(c2ccc(C)cc2)C2C(C)CC3C=C4CCCC4=CC32)cc1.[CH3-].[CH3-].[CH3-].[Ti+4]. The van der Waals surface area contributed by atoms with Gasteiger partial charge in [0, 0.05) is 8.24 Å². The molecule has 0 amide bonds. The van der Waals surface area contributed by atoms with E-state index in [4.69, 9.17) is 4.98 Å². The monoisotopic (exact) mass is 547 g/mol. The van der Waals surface area contributed by atoms with Crippen molar-refractivity contribution in [3.8, 4) is 0 Å². The van der Waals surface area contributed by atoms with E-state index in [0.29, 0.717) is 23.3 Å². The Morgan fingerprint density at radius 2 is 1.22 bits per heavy atom. The molecule has 4 atom stereocenters. The van der Waals surface area contributed by atoms with Gasteiger partial charge in [-0.05, 0) is 74.0 Å². The third kappa shape index (κ3) is 6.35.